The molecule has 8 heteroatoms. The third-order valence-electron chi connectivity index (χ3n) is 4.71. The summed E-state index contributed by atoms with van der Waals surface area (Å²) in [6.45, 7) is 3.83. The molecule has 1 aliphatic rings. The lowest BCUT2D eigenvalue weighted by Crippen LogP contribution is -2.58. The molecule has 158 valence electrons. The number of carboxylic acid groups (broad SMARTS) is 1. The van der Waals surface area contributed by atoms with E-state index in [0.717, 1.165) is 9.87 Å². The van der Waals surface area contributed by atoms with E-state index in [0.29, 0.717) is 11.5 Å². The molecule has 0 saturated carbocycles. The Morgan fingerprint density at radius 2 is 1.87 bits per heavy atom. The van der Waals surface area contributed by atoms with Gasteiger partial charge in [-0.15, -0.1) is 0 Å². The number of sulfonamides is 1. The van der Waals surface area contributed by atoms with Gasteiger partial charge in [-0.1, -0.05) is 30.0 Å². The molecule has 1 saturated heterocycles. The summed E-state index contributed by atoms with van der Waals surface area (Å²) in [6.07, 6.45) is 0. The molecule has 0 aromatic heterocycles. The van der Waals surface area contributed by atoms with Gasteiger partial charge in [0.2, 0.25) is 10.0 Å². The van der Waals surface area contributed by atoms with Crippen LogP contribution in [0.2, 0.25) is 0 Å². The number of hydrogen-bond acceptors (Lipinski definition) is 5. The van der Waals surface area contributed by atoms with E-state index in [-0.39, 0.29) is 18.0 Å². The second kappa shape index (κ2) is 9.13. The molecule has 1 unspecified atom stereocenters. The average molecular weight is 446 g/mol. The van der Waals surface area contributed by atoms with E-state index >= 15 is 0 Å². The normalized spacial score (nSPS) is 18.8. The Kier molecular flexibility index (Phi) is 6.76. The van der Waals surface area contributed by atoms with E-state index < -0.39 is 26.8 Å². The van der Waals surface area contributed by atoms with Crippen LogP contribution in [0.5, 0.6) is 5.75 Å². The van der Waals surface area contributed by atoms with E-state index in [1.54, 1.807) is 26.0 Å². The second-order valence-electron chi connectivity index (χ2n) is 7.24. The zero-order chi connectivity index (χ0) is 21.8. The quantitative estimate of drug-likeness (QED) is 0.712. The third-order valence-corrected chi connectivity index (χ3v) is 7.95. The van der Waals surface area contributed by atoms with Gasteiger partial charge in [-0.25, -0.2) is 8.42 Å². The smallest absolute Gasteiger partial charge is 0.323 e. The fraction of sp³-hybridized carbons (Fsp3) is 0.318. The van der Waals surface area contributed by atoms with Gasteiger partial charge in [0.05, 0.1) is 4.90 Å². The number of ether oxygens (including phenoxy) is 1. The van der Waals surface area contributed by atoms with Crippen molar-refractivity contribution in [1.82, 2.24) is 4.31 Å². The summed E-state index contributed by atoms with van der Waals surface area (Å²) in [6, 6.07) is 14.4. The lowest BCUT2D eigenvalue weighted by Gasteiger charge is -2.42. The molecule has 1 N–H and O–H groups in total. The van der Waals surface area contributed by atoms with Gasteiger partial charge in [0.25, 0.3) is 0 Å². The average Bonchev–Trinajstić information content (AvgIpc) is 2.71. The monoisotopic (exact) mass is 445 g/mol. The van der Waals surface area contributed by atoms with Crippen LogP contribution in [-0.2, 0) is 14.8 Å². The van der Waals surface area contributed by atoms with Crippen LogP contribution in [0.25, 0.3) is 0 Å². The summed E-state index contributed by atoms with van der Waals surface area (Å²) in [4.78, 5) is 11.9. The zero-order valence-electron chi connectivity index (χ0n) is 16.7. The molecule has 2 aromatic carbocycles. The molecule has 3 rings (SSSR count). The number of nitrogens with zero attached hydrogens (tertiary/aromatic N) is 1. The Balaban J connectivity index is 1.71. The lowest BCUT2D eigenvalue weighted by molar-refractivity contribution is -0.142. The van der Waals surface area contributed by atoms with E-state index in [4.69, 9.17) is 4.74 Å². The first-order valence-electron chi connectivity index (χ1n) is 9.37. The molecule has 1 aliphatic heterocycles. The third kappa shape index (κ3) is 4.98. The Bertz CT molecular complexity index is 1050. The number of rotatable bonds is 5. The highest BCUT2D eigenvalue weighted by Gasteiger charge is 2.48. The predicted molar refractivity (Wildman–Crippen MR) is 117 cm³/mol. The van der Waals surface area contributed by atoms with Crippen molar-refractivity contribution in [3.05, 3.63) is 60.2 Å². The van der Waals surface area contributed by atoms with E-state index in [2.05, 4.69) is 11.8 Å². The van der Waals surface area contributed by atoms with E-state index in [1.165, 1.54) is 23.9 Å². The molecule has 1 heterocycles. The summed E-state index contributed by atoms with van der Waals surface area (Å²) < 4.78 is 32.1. The number of carbonyl (C=O) groups is 1. The van der Waals surface area contributed by atoms with Gasteiger partial charge < -0.3 is 9.84 Å². The van der Waals surface area contributed by atoms with Crippen LogP contribution in [0, 0.1) is 11.8 Å². The molecular formula is C22H23NO5S2. The Morgan fingerprint density at radius 1 is 1.20 bits per heavy atom. The molecule has 0 radical (unpaired) electrons. The van der Waals surface area contributed by atoms with Crippen molar-refractivity contribution < 1.29 is 23.1 Å². The van der Waals surface area contributed by atoms with Gasteiger partial charge in [-0.3, -0.25) is 4.79 Å². The van der Waals surface area contributed by atoms with Crippen molar-refractivity contribution in [2.24, 2.45) is 0 Å². The first-order chi connectivity index (χ1) is 14.2. The largest absolute Gasteiger partial charge is 0.481 e. The Labute approximate surface area is 181 Å². The summed E-state index contributed by atoms with van der Waals surface area (Å²) in [7, 11) is -3.95. The minimum Gasteiger partial charge on any atom is -0.481 e. The number of carboxylic acids is 1. The molecule has 2 aromatic rings. The molecule has 0 spiro atoms. The minimum absolute atomic E-state index is 0.0409. The Hall–Kier alpha value is -2.47. The molecular weight excluding hydrogens is 422 g/mol. The highest BCUT2D eigenvalue weighted by atomic mass is 32.2. The van der Waals surface area contributed by atoms with Crippen molar-refractivity contribution in [2.45, 2.75) is 29.5 Å². The van der Waals surface area contributed by atoms with Crippen molar-refractivity contribution in [3.63, 3.8) is 0 Å². The second-order valence-corrected chi connectivity index (χ2v) is 10.9. The summed E-state index contributed by atoms with van der Waals surface area (Å²) in [5.74, 6) is 5.77. The van der Waals surface area contributed by atoms with E-state index in [9.17, 15) is 18.3 Å². The van der Waals surface area contributed by atoms with Crippen LogP contribution < -0.4 is 4.74 Å². The standard InChI is InChI=1S/C22H23NO5S2/c1-22(2)20(21(24)25)23(14-16-29-22)30(26,27)19-12-10-18(11-13-19)28-15-6-9-17-7-4-3-5-8-17/h3-5,7-8,10-13,20H,14-16H2,1-2H3,(H,24,25). The van der Waals surface area contributed by atoms with Gasteiger partial charge in [0.15, 0.2) is 0 Å². The fourth-order valence-electron chi connectivity index (χ4n) is 3.26. The van der Waals surface area contributed by atoms with Crippen LogP contribution in [0.15, 0.2) is 59.5 Å². The highest BCUT2D eigenvalue weighted by molar-refractivity contribution is 8.00. The number of benzene rings is 2. The number of thioether (sulfide) groups is 1. The summed E-state index contributed by atoms with van der Waals surface area (Å²) >= 11 is 1.46. The van der Waals surface area contributed by atoms with Gasteiger partial charge >= 0.3 is 5.97 Å². The minimum atomic E-state index is -3.95. The van der Waals surface area contributed by atoms with Crippen LogP contribution in [0.3, 0.4) is 0 Å². The SMILES string of the molecule is CC1(C)SCCN(S(=O)(=O)c2ccc(OCC#Cc3ccccc3)cc2)C1C(=O)O. The zero-order valence-corrected chi connectivity index (χ0v) is 18.4. The van der Waals surface area contributed by atoms with Crippen LogP contribution in [0.1, 0.15) is 19.4 Å². The summed E-state index contributed by atoms with van der Waals surface area (Å²) in [5.41, 5.74) is 0.887. The van der Waals surface area contributed by atoms with Gasteiger partial charge in [-0.05, 0) is 50.2 Å². The van der Waals surface area contributed by atoms with Crippen LogP contribution in [0.4, 0.5) is 0 Å². The lowest BCUT2D eigenvalue weighted by atomic mass is 10.0. The molecule has 6 nitrogen and oxygen atoms in total. The van der Waals surface area contributed by atoms with Crippen LogP contribution in [-0.4, -0.2) is 53.5 Å². The van der Waals surface area contributed by atoms with Crippen molar-refractivity contribution >= 4 is 27.8 Å². The fourth-order valence-corrected chi connectivity index (χ4v) is 6.35. The van der Waals surface area contributed by atoms with Crippen molar-refractivity contribution in [2.75, 3.05) is 18.9 Å². The molecule has 0 bridgehead atoms. The first-order valence-corrected chi connectivity index (χ1v) is 11.8. The predicted octanol–water partition coefficient (Wildman–Crippen LogP) is 3.09. The molecule has 30 heavy (non-hydrogen) atoms. The summed E-state index contributed by atoms with van der Waals surface area (Å²) in [5, 5.41) is 9.65. The molecule has 1 atom stereocenters. The topological polar surface area (TPSA) is 83.9 Å². The number of aliphatic carboxylic acids is 1. The molecule has 0 amide bonds. The molecule has 1 fully saturated rings. The van der Waals surface area contributed by atoms with Crippen LogP contribution >= 0.6 is 11.8 Å². The van der Waals surface area contributed by atoms with Gasteiger partial charge in [0.1, 0.15) is 18.4 Å². The number of hydrogen-bond donors (Lipinski definition) is 1. The Morgan fingerprint density at radius 3 is 2.50 bits per heavy atom. The first kappa shape index (κ1) is 22.2. The van der Waals surface area contributed by atoms with Crippen molar-refractivity contribution in [1.29, 1.82) is 0 Å². The van der Waals surface area contributed by atoms with Gasteiger partial charge in [-0.2, -0.15) is 16.1 Å². The molecule has 0 aliphatic carbocycles. The maximum atomic E-state index is 13.1. The van der Waals surface area contributed by atoms with Gasteiger partial charge in [0, 0.05) is 22.6 Å². The maximum absolute atomic E-state index is 13.1. The highest BCUT2D eigenvalue weighted by Crippen LogP contribution is 2.38. The van der Waals surface area contributed by atoms with E-state index in [1.807, 2.05) is 30.3 Å². The van der Waals surface area contributed by atoms with Crippen molar-refractivity contribution in [3.8, 4) is 17.6 Å². The maximum Gasteiger partial charge on any atom is 0.323 e.